The van der Waals surface area contributed by atoms with Crippen LogP contribution in [0, 0.1) is 20.8 Å². The third kappa shape index (κ3) is 3.40. The third-order valence-electron chi connectivity index (χ3n) is 6.26. The molecule has 3 heterocycles. The number of carbonyl (C=O) groups excluding carboxylic acids is 2. The Morgan fingerprint density at radius 2 is 1.77 bits per heavy atom. The number of nitrogens with one attached hydrogen (secondary N) is 2. The van der Waals surface area contributed by atoms with E-state index in [0.29, 0.717) is 48.1 Å². The maximum atomic E-state index is 13.2. The van der Waals surface area contributed by atoms with E-state index in [4.69, 9.17) is 4.74 Å². The molecule has 6 heteroatoms. The van der Waals surface area contributed by atoms with Crippen molar-refractivity contribution in [3.63, 3.8) is 0 Å². The highest BCUT2D eigenvalue weighted by atomic mass is 16.5. The number of aromatic nitrogens is 2. The number of amides is 1. The molecule has 0 saturated carbocycles. The summed E-state index contributed by atoms with van der Waals surface area (Å²) in [5.74, 6) is 0.0170. The highest BCUT2D eigenvalue weighted by Gasteiger charge is 2.30. The van der Waals surface area contributed by atoms with E-state index >= 15 is 0 Å². The molecule has 0 atom stereocenters. The van der Waals surface area contributed by atoms with E-state index in [0.717, 1.165) is 12.8 Å². The lowest BCUT2D eigenvalue weighted by Crippen LogP contribution is -2.38. The SMILES string of the molecule is CCOC(=O)c1c(C)[nH]c(C(=O)N2CCC(c3c(C)[nH]c4ccccc34)CC2)c1C. The molecule has 0 spiro atoms. The van der Waals surface area contributed by atoms with Crippen LogP contribution < -0.4 is 0 Å². The van der Waals surface area contributed by atoms with E-state index in [-0.39, 0.29) is 11.9 Å². The summed E-state index contributed by atoms with van der Waals surface area (Å²) in [6.45, 7) is 9.25. The average molecular weight is 408 g/mol. The zero-order valence-electron chi connectivity index (χ0n) is 18.1. The zero-order chi connectivity index (χ0) is 21.4. The van der Waals surface area contributed by atoms with Crippen LogP contribution in [0.2, 0.25) is 0 Å². The standard InChI is InChI=1S/C24H29N3O3/c1-5-30-24(29)20-14(2)22(26-15(20)3)23(28)27-12-10-17(11-13-27)21-16(4)25-19-9-7-6-8-18(19)21/h6-9,17,25-26H,5,10-13H2,1-4H3. The molecular weight excluding hydrogens is 378 g/mol. The van der Waals surface area contributed by atoms with Crippen LogP contribution in [0.15, 0.2) is 24.3 Å². The molecule has 1 amide bonds. The number of fused-ring (bicyclic) bond motifs is 1. The minimum absolute atomic E-state index is 0.0414. The largest absolute Gasteiger partial charge is 0.462 e. The van der Waals surface area contributed by atoms with E-state index in [1.54, 1.807) is 6.92 Å². The fourth-order valence-electron chi connectivity index (χ4n) is 4.83. The Bertz CT molecular complexity index is 1100. The van der Waals surface area contributed by atoms with Gasteiger partial charge in [-0.05, 0) is 63.6 Å². The van der Waals surface area contributed by atoms with Gasteiger partial charge < -0.3 is 19.6 Å². The average Bonchev–Trinajstić information content (AvgIpc) is 3.22. The van der Waals surface area contributed by atoms with Crippen molar-refractivity contribution in [3.8, 4) is 0 Å². The van der Waals surface area contributed by atoms with Crippen LogP contribution in [0.4, 0.5) is 0 Å². The van der Waals surface area contributed by atoms with Crippen molar-refractivity contribution in [1.82, 2.24) is 14.9 Å². The fourth-order valence-corrected chi connectivity index (χ4v) is 4.83. The smallest absolute Gasteiger partial charge is 0.340 e. The van der Waals surface area contributed by atoms with Gasteiger partial charge in [-0.2, -0.15) is 0 Å². The summed E-state index contributed by atoms with van der Waals surface area (Å²) in [5, 5.41) is 1.29. The molecule has 4 rings (SSSR count). The quantitative estimate of drug-likeness (QED) is 0.620. The van der Waals surface area contributed by atoms with Gasteiger partial charge in [-0.25, -0.2) is 4.79 Å². The number of hydrogen-bond acceptors (Lipinski definition) is 3. The zero-order valence-corrected chi connectivity index (χ0v) is 18.1. The predicted molar refractivity (Wildman–Crippen MR) is 117 cm³/mol. The van der Waals surface area contributed by atoms with Crippen LogP contribution in [0.5, 0.6) is 0 Å². The van der Waals surface area contributed by atoms with Gasteiger partial charge in [0.05, 0.1) is 12.2 Å². The summed E-state index contributed by atoms with van der Waals surface area (Å²) in [6.07, 6.45) is 1.86. The van der Waals surface area contributed by atoms with E-state index in [1.807, 2.05) is 18.7 Å². The van der Waals surface area contributed by atoms with E-state index in [2.05, 4.69) is 41.2 Å². The number of carbonyl (C=O) groups is 2. The first-order chi connectivity index (χ1) is 14.4. The monoisotopic (exact) mass is 407 g/mol. The number of esters is 1. The summed E-state index contributed by atoms with van der Waals surface area (Å²) in [4.78, 5) is 33.9. The summed E-state index contributed by atoms with van der Waals surface area (Å²) in [6, 6.07) is 8.42. The summed E-state index contributed by atoms with van der Waals surface area (Å²) < 4.78 is 5.14. The van der Waals surface area contributed by atoms with Crippen molar-refractivity contribution in [2.45, 2.75) is 46.5 Å². The number of aromatic amines is 2. The number of nitrogens with zero attached hydrogens (tertiary/aromatic N) is 1. The molecule has 6 nitrogen and oxygen atoms in total. The maximum absolute atomic E-state index is 13.2. The van der Waals surface area contributed by atoms with Gasteiger partial charge in [0.15, 0.2) is 0 Å². The Balaban J connectivity index is 1.51. The topological polar surface area (TPSA) is 78.2 Å². The van der Waals surface area contributed by atoms with Crippen molar-refractivity contribution in [3.05, 3.63) is 58.0 Å². The van der Waals surface area contributed by atoms with Crippen molar-refractivity contribution >= 4 is 22.8 Å². The van der Waals surface area contributed by atoms with Crippen LogP contribution >= 0.6 is 0 Å². The van der Waals surface area contributed by atoms with E-state index < -0.39 is 0 Å². The molecule has 1 saturated heterocycles. The lowest BCUT2D eigenvalue weighted by molar-refractivity contribution is 0.0525. The molecule has 0 unspecified atom stereocenters. The van der Waals surface area contributed by atoms with Gasteiger partial charge in [0.25, 0.3) is 5.91 Å². The Labute approximate surface area is 176 Å². The second kappa shape index (κ2) is 8.01. The highest BCUT2D eigenvalue weighted by Crippen LogP contribution is 2.36. The number of para-hydroxylation sites is 1. The highest BCUT2D eigenvalue weighted by molar-refractivity contribution is 6.00. The fraction of sp³-hybridized carbons (Fsp3) is 0.417. The minimum atomic E-state index is -0.378. The summed E-state index contributed by atoms with van der Waals surface area (Å²) >= 11 is 0. The lowest BCUT2D eigenvalue weighted by atomic mass is 9.87. The second-order valence-electron chi connectivity index (χ2n) is 8.12. The first kappa shape index (κ1) is 20.3. The third-order valence-corrected chi connectivity index (χ3v) is 6.26. The first-order valence-electron chi connectivity index (χ1n) is 10.6. The van der Waals surface area contributed by atoms with Crippen LogP contribution in [0.1, 0.15) is 69.0 Å². The van der Waals surface area contributed by atoms with Crippen molar-refractivity contribution in [2.75, 3.05) is 19.7 Å². The molecule has 0 aliphatic carbocycles. The molecule has 2 N–H and O–H groups in total. The molecule has 158 valence electrons. The second-order valence-corrected chi connectivity index (χ2v) is 8.12. The van der Waals surface area contributed by atoms with Crippen LogP contribution in [0.25, 0.3) is 10.9 Å². The molecule has 1 aliphatic rings. The number of hydrogen-bond donors (Lipinski definition) is 2. The number of aryl methyl sites for hydroxylation is 2. The van der Waals surface area contributed by atoms with Crippen molar-refractivity contribution in [1.29, 1.82) is 0 Å². The number of H-pyrrole nitrogens is 2. The maximum Gasteiger partial charge on any atom is 0.340 e. The van der Waals surface area contributed by atoms with Gasteiger partial charge in [-0.1, -0.05) is 18.2 Å². The lowest BCUT2D eigenvalue weighted by Gasteiger charge is -2.32. The normalized spacial score (nSPS) is 15.0. The number of ether oxygens (including phenoxy) is 1. The number of likely N-dealkylation sites (tertiary alicyclic amines) is 1. The number of benzene rings is 1. The summed E-state index contributed by atoms with van der Waals surface area (Å²) in [7, 11) is 0. The van der Waals surface area contributed by atoms with Gasteiger partial charge >= 0.3 is 5.97 Å². The Morgan fingerprint density at radius 1 is 1.07 bits per heavy atom. The van der Waals surface area contributed by atoms with Crippen LogP contribution in [0.3, 0.4) is 0 Å². The van der Waals surface area contributed by atoms with Gasteiger partial charge in [0.1, 0.15) is 5.69 Å². The molecule has 0 bridgehead atoms. The van der Waals surface area contributed by atoms with Crippen LogP contribution in [-0.2, 0) is 4.74 Å². The molecule has 1 aliphatic heterocycles. The van der Waals surface area contributed by atoms with Gasteiger partial charge in [-0.3, -0.25) is 4.79 Å². The number of rotatable bonds is 4. The Morgan fingerprint density at radius 3 is 2.47 bits per heavy atom. The summed E-state index contributed by atoms with van der Waals surface area (Å²) in [5.41, 5.74) is 6.10. The Hall–Kier alpha value is -3.02. The van der Waals surface area contributed by atoms with E-state index in [1.165, 1.54) is 22.2 Å². The van der Waals surface area contributed by atoms with Gasteiger partial charge in [0, 0.05) is 35.4 Å². The first-order valence-corrected chi connectivity index (χ1v) is 10.6. The molecule has 30 heavy (non-hydrogen) atoms. The molecule has 1 fully saturated rings. The van der Waals surface area contributed by atoms with Crippen molar-refractivity contribution < 1.29 is 14.3 Å². The molecule has 0 radical (unpaired) electrons. The molecular formula is C24H29N3O3. The molecule has 1 aromatic carbocycles. The predicted octanol–water partition coefficient (Wildman–Crippen LogP) is 4.62. The van der Waals surface area contributed by atoms with Crippen LogP contribution in [-0.4, -0.2) is 46.4 Å². The number of piperidine rings is 1. The Kier molecular flexibility index (Phi) is 5.41. The molecule has 2 aromatic heterocycles. The van der Waals surface area contributed by atoms with Gasteiger partial charge in [0.2, 0.25) is 0 Å². The minimum Gasteiger partial charge on any atom is -0.462 e. The van der Waals surface area contributed by atoms with E-state index in [9.17, 15) is 9.59 Å². The molecule has 3 aromatic rings. The van der Waals surface area contributed by atoms with Gasteiger partial charge in [-0.15, -0.1) is 0 Å². The van der Waals surface area contributed by atoms with Crippen molar-refractivity contribution in [2.24, 2.45) is 0 Å².